The topological polar surface area (TPSA) is 42.4 Å². The maximum absolute atomic E-state index is 12.2. The molecule has 0 saturated carbocycles. The zero-order chi connectivity index (χ0) is 12.5. The van der Waals surface area contributed by atoms with E-state index in [1.165, 1.54) is 22.6 Å². The van der Waals surface area contributed by atoms with Gasteiger partial charge in [-0.2, -0.15) is 0 Å². The first-order valence-electron chi connectivity index (χ1n) is 3.63. The normalized spacial score (nSPS) is 11.9. The van der Waals surface area contributed by atoms with E-state index in [1.807, 2.05) is 0 Å². The average molecular weight is 355 g/mol. The Morgan fingerprint density at radius 1 is 1.38 bits per heavy atom. The third-order valence-electron chi connectivity index (χ3n) is 1.42. The van der Waals surface area contributed by atoms with Crippen LogP contribution >= 0.6 is 22.6 Å². The van der Waals surface area contributed by atoms with Gasteiger partial charge in [0.25, 0.3) is 6.43 Å². The molecule has 0 radical (unpaired) electrons. The van der Waals surface area contributed by atoms with Gasteiger partial charge in [-0.05, 0) is 22.6 Å². The molecule has 0 bridgehead atoms. The maximum Gasteiger partial charge on any atom is 0.573 e. The van der Waals surface area contributed by atoms with Crippen LogP contribution in [0.15, 0.2) is 6.20 Å². The van der Waals surface area contributed by atoms with Crippen molar-refractivity contribution in [3.05, 3.63) is 15.5 Å². The van der Waals surface area contributed by atoms with Crippen molar-refractivity contribution in [1.29, 1.82) is 0 Å². The van der Waals surface area contributed by atoms with Gasteiger partial charge in [-0.3, -0.25) is 0 Å². The highest BCUT2D eigenvalue weighted by atomic mass is 127. The van der Waals surface area contributed by atoms with Crippen molar-refractivity contribution in [2.45, 2.75) is 12.8 Å². The number of hydrogen-bond donors (Lipinski definition) is 1. The zero-order valence-corrected chi connectivity index (χ0v) is 9.38. The van der Waals surface area contributed by atoms with E-state index in [9.17, 15) is 22.0 Å². The molecule has 0 saturated heterocycles. The van der Waals surface area contributed by atoms with Crippen molar-refractivity contribution in [3.63, 3.8) is 0 Å². The second-order valence-corrected chi connectivity index (χ2v) is 3.68. The number of hydrogen-bond acceptors (Lipinski definition) is 3. The standard InChI is InChI=1S/C7H3F5INO2/c8-6(9)3-4(15)5(2(13)1-14-3)16-7(10,11)12/h1,6,15H. The van der Waals surface area contributed by atoms with Crippen molar-refractivity contribution in [3.8, 4) is 11.5 Å². The molecule has 0 aliphatic carbocycles. The Hall–Kier alpha value is -0.870. The Kier molecular flexibility index (Phi) is 3.76. The molecule has 0 aromatic carbocycles. The van der Waals surface area contributed by atoms with Crippen LogP contribution in [0.5, 0.6) is 11.5 Å². The number of alkyl halides is 5. The van der Waals surface area contributed by atoms with Gasteiger partial charge in [0.1, 0.15) is 0 Å². The molecule has 0 atom stereocenters. The zero-order valence-electron chi connectivity index (χ0n) is 7.23. The molecular weight excluding hydrogens is 352 g/mol. The molecule has 0 unspecified atom stereocenters. The van der Waals surface area contributed by atoms with Gasteiger partial charge in [-0.25, -0.2) is 13.8 Å². The fourth-order valence-electron chi connectivity index (χ4n) is 0.848. The van der Waals surface area contributed by atoms with E-state index in [0.717, 1.165) is 6.20 Å². The van der Waals surface area contributed by atoms with Crippen LogP contribution in [-0.4, -0.2) is 16.5 Å². The van der Waals surface area contributed by atoms with Crippen molar-refractivity contribution in [2.75, 3.05) is 0 Å². The lowest BCUT2D eigenvalue weighted by atomic mass is 10.3. The molecule has 0 fully saturated rings. The first kappa shape index (κ1) is 13.2. The van der Waals surface area contributed by atoms with Gasteiger partial charge in [0.05, 0.1) is 3.57 Å². The highest BCUT2D eigenvalue weighted by molar-refractivity contribution is 14.1. The fourth-order valence-corrected chi connectivity index (χ4v) is 1.35. The smallest absolute Gasteiger partial charge is 0.503 e. The predicted molar refractivity (Wildman–Crippen MR) is 50.3 cm³/mol. The highest BCUT2D eigenvalue weighted by Gasteiger charge is 2.35. The van der Waals surface area contributed by atoms with E-state index in [4.69, 9.17) is 5.11 Å². The van der Waals surface area contributed by atoms with E-state index < -0.39 is 30.0 Å². The molecule has 90 valence electrons. The van der Waals surface area contributed by atoms with Crippen LogP contribution in [0.3, 0.4) is 0 Å². The quantitative estimate of drug-likeness (QED) is 0.655. The average Bonchev–Trinajstić information content (AvgIpc) is 2.10. The summed E-state index contributed by atoms with van der Waals surface area (Å²) in [6.07, 6.45) is -7.51. The Labute approximate surface area is 99.4 Å². The van der Waals surface area contributed by atoms with Crippen molar-refractivity contribution in [2.24, 2.45) is 0 Å². The van der Waals surface area contributed by atoms with Crippen LogP contribution in [0.2, 0.25) is 0 Å². The second-order valence-electron chi connectivity index (χ2n) is 2.52. The van der Waals surface area contributed by atoms with Gasteiger partial charge >= 0.3 is 6.36 Å². The largest absolute Gasteiger partial charge is 0.573 e. The number of aromatic hydroxyl groups is 1. The van der Waals surface area contributed by atoms with Crippen molar-refractivity contribution < 1.29 is 31.8 Å². The summed E-state index contributed by atoms with van der Waals surface area (Å²) in [5.41, 5.74) is -1.15. The number of halogens is 6. The van der Waals surface area contributed by atoms with Gasteiger partial charge in [0, 0.05) is 6.20 Å². The van der Waals surface area contributed by atoms with Crippen LogP contribution in [-0.2, 0) is 0 Å². The van der Waals surface area contributed by atoms with E-state index >= 15 is 0 Å². The molecular formula is C7H3F5INO2. The molecule has 3 nitrogen and oxygen atoms in total. The van der Waals surface area contributed by atoms with Gasteiger partial charge in [-0.15, -0.1) is 13.2 Å². The fraction of sp³-hybridized carbons (Fsp3) is 0.286. The number of aromatic nitrogens is 1. The first-order chi connectivity index (χ1) is 7.22. The van der Waals surface area contributed by atoms with Gasteiger partial charge < -0.3 is 9.84 Å². The van der Waals surface area contributed by atoms with Crippen LogP contribution in [0.1, 0.15) is 12.1 Å². The van der Waals surface area contributed by atoms with Gasteiger partial charge in [0.15, 0.2) is 17.2 Å². The number of nitrogens with zero attached hydrogens (tertiary/aromatic N) is 1. The molecule has 1 heterocycles. The minimum atomic E-state index is -5.07. The maximum atomic E-state index is 12.2. The third-order valence-corrected chi connectivity index (χ3v) is 2.18. The highest BCUT2D eigenvalue weighted by Crippen LogP contribution is 2.40. The van der Waals surface area contributed by atoms with E-state index in [0.29, 0.717) is 0 Å². The van der Waals surface area contributed by atoms with Crippen LogP contribution < -0.4 is 4.74 Å². The predicted octanol–water partition coefficient (Wildman–Crippen LogP) is 3.23. The molecule has 16 heavy (non-hydrogen) atoms. The van der Waals surface area contributed by atoms with E-state index in [1.54, 1.807) is 0 Å². The summed E-state index contributed by atoms with van der Waals surface area (Å²) >= 11 is 1.37. The van der Waals surface area contributed by atoms with Crippen molar-refractivity contribution in [1.82, 2.24) is 4.98 Å². The summed E-state index contributed by atoms with van der Waals surface area (Å²) in [4.78, 5) is 3.11. The number of ether oxygens (including phenoxy) is 1. The third kappa shape index (κ3) is 3.06. The lowest BCUT2D eigenvalue weighted by Gasteiger charge is -2.13. The molecule has 1 rings (SSSR count). The SMILES string of the molecule is Oc1c(C(F)F)ncc(I)c1OC(F)(F)F. The van der Waals surface area contributed by atoms with Crippen LogP contribution in [0.4, 0.5) is 22.0 Å². The summed E-state index contributed by atoms with van der Waals surface area (Å²) in [6, 6.07) is 0. The van der Waals surface area contributed by atoms with E-state index in [-0.39, 0.29) is 3.57 Å². The summed E-state index contributed by atoms with van der Waals surface area (Å²) < 4.78 is 63.3. The molecule has 1 aromatic heterocycles. The Bertz CT molecular complexity index is 395. The second kappa shape index (κ2) is 4.55. The number of pyridine rings is 1. The Morgan fingerprint density at radius 3 is 2.38 bits per heavy atom. The van der Waals surface area contributed by atoms with E-state index in [2.05, 4.69) is 9.72 Å². The van der Waals surface area contributed by atoms with Crippen molar-refractivity contribution >= 4 is 22.6 Å². The summed E-state index contributed by atoms with van der Waals surface area (Å²) in [7, 11) is 0. The van der Waals surface area contributed by atoms with Gasteiger partial charge in [-0.1, -0.05) is 0 Å². The molecule has 0 aliphatic rings. The molecule has 1 aromatic rings. The Morgan fingerprint density at radius 2 is 1.94 bits per heavy atom. The monoisotopic (exact) mass is 355 g/mol. The summed E-state index contributed by atoms with van der Waals surface area (Å²) in [5, 5.41) is 9.13. The van der Waals surface area contributed by atoms with Gasteiger partial charge in [0.2, 0.25) is 0 Å². The minimum Gasteiger partial charge on any atom is -0.503 e. The summed E-state index contributed by atoms with van der Waals surface area (Å²) in [5.74, 6) is -2.38. The van der Waals surface area contributed by atoms with Crippen LogP contribution in [0.25, 0.3) is 0 Å². The molecule has 9 heteroatoms. The number of rotatable bonds is 2. The Balaban J connectivity index is 3.21. The lowest BCUT2D eigenvalue weighted by Crippen LogP contribution is -2.18. The first-order valence-corrected chi connectivity index (χ1v) is 4.71. The molecule has 0 aliphatic heterocycles. The van der Waals surface area contributed by atoms with Crippen LogP contribution in [0, 0.1) is 3.57 Å². The molecule has 0 spiro atoms. The summed E-state index contributed by atoms with van der Waals surface area (Å²) in [6.45, 7) is 0. The molecule has 1 N–H and O–H groups in total. The minimum absolute atomic E-state index is 0.225. The molecule has 0 amide bonds. The lowest BCUT2D eigenvalue weighted by molar-refractivity contribution is -0.275.